The quantitative estimate of drug-likeness (QED) is 0.817. The van der Waals surface area contributed by atoms with Crippen molar-refractivity contribution in [1.29, 1.82) is 0 Å². The minimum atomic E-state index is 0.0743. The van der Waals surface area contributed by atoms with E-state index in [1.165, 1.54) is 16.8 Å². The first-order valence-corrected chi connectivity index (χ1v) is 7.55. The van der Waals surface area contributed by atoms with E-state index in [4.69, 9.17) is 4.74 Å². The maximum atomic E-state index is 5.73. The number of hydrogen-bond acceptors (Lipinski definition) is 2. The van der Waals surface area contributed by atoms with Crippen molar-refractivity contribution in [2.75, 3.05) is 12.0 Å². The molecule has 2 nitrogen and oxygen atoms in total. The Balaban J connectivity index is 2.01. The van der Waals surface area contributed by atoms with Crippen LogP contribution in [0.25, 0.3) is 0 Å². The van der Waals surface area contributed by atoms with Gasteiger partial charge in [-0.25, -0.2) is 0 Å². The highest BCUT2D eigenvalue weighted by Gasteiger charge is 2.37. The first-order valence-electron chi connectivity index (χ1n) is 7.55. The second-order valence-corrected chi connectivity index (χ2v) is 6.37. The number of anilines is 1. The molecule has 0 aliphatic carbocycles. The SMILES string of the molecule is COC1CC(C)(C)N(Cc2ccccc2)c2ccccc21. The topological polar surface area (TPSA) is 12.5 Å². The third-order valence-electron chi connectivity index (χ3n) is 4.46. The van der Waals surface area contributed by atoms with E-state index in [0.717, 1.165) is 13.0 Å². The zero-order valence-electron chi connectivity index (χ0n) is 13.0. The van der Waals surface area contributed by atoms with Crippen molar-refractivity contribution in [3.63, 3.8) is 0 Å². The lowest BCUT2D eigenvalue weighted by molar-refractivity contribution is 0.0703. The highest BCUT2D eigenvalue weighted by atomic mass is 16.5. The maximum Gasteiger partial charge on any atom is 0.0863 e. The molecule has 3 rings (SSSR count). The molecule has 110 valence electrons. The van der Waals surface area contributed by atoms with Crippen LogP contribution in [-0.4, -0.2) is 12.6 Å². The minimum Gasteiger partial charge on any atom is -0.377 e. The molecule has 1 heterocycles. The number of methoxy groups -OCH3 is 1. The summed E-state index contributed by atoms with van der Waals surface area (Å²) in [6.45, 7) is 5.54. The van der Waals surface area contributed by atoms with Crippen LogP contribution >= 0.6 is 0 Å². The zero-order chi connectivity index (χ0) is 14.9. The lowest BCUT2D eigenvalue weighted by Crippen LogP contribution is -2.48. The van der Waals surface area contributed by atoms with Gasteiger partial charge in [0.1, 0.15) is 0 Å². The third kappa shape index (κ3) is 2.68. The van der Waals surface area contributed by atoms with Crippen LogP contribution in [0.4, 0.5) is 5.69 Å². The summed E-state index contributed by atoms with van der Waals surface area (Å²) < 4.78 is 5.73. The molecule has 2 heteroatoms. The molecule has 1 aliphatic heterocycles. The molecule has 1 atom stereocenters. The highest BCUT2D eigenvalue weighted by Crippen LogP contribution is 2.44. The molecule has 0 bridgehead atoms. The Kier molecular flexibility index (Phi) is 3.73. The monoisotopic (exact) mass is 281 g/mol. The number of rotatable bonds is 3. The number of hydrogen-bond donors (Lipinski definition) is 0. The Hall–Kier alpha value is -1.80. The Morgan fingerprint density at radius 3 is 2.43 bits per heavy atom. The van der Waals surface area contributed by atoms with Gasteiger partial charge in [0, 0.05) is 36.9 Å². The van der Waals surface area contributed by atoms with E-state index in [1.807, 2.05) is 7.11 Å². The summed E-state index contributed by atoms with van der Waals surface area (Å²) in [6, 6.07) is 19.3. The number of fused-ring (bicyclic) bond motifs is 1. The fourth-order valence-electron chi connectivity index (χ4n) is 3.28. The Bertz CT molecular complexity index is 606. The molecule has 2 aromatic carbocycles. The van der Waals surface area contributed by atoms with E-state index in [9.17, 15) is 0 Å². The second-order valence-electron chi connectivity index (χ2n) is 6.37. The molecule has 2 aromatic rings. The lowest BCUT2D eigenvalue weighted by atomic mass is 9.84. The Labute approximate surface area is 127 Å². The van der Waals surface area contributed by atoms with Crippen LogP contribution in [-0.2, 0) is 11.3 Å². The fraction of sp³-hybridized carbons (Fsp3) is 0.368. The number of nitrogens with zero attached hydrogens (tertiary/aromatic N) is 1. The third-order valence-corrected chi connectivity index (χ3v) is 4.46. The van der Waals surface area contributed by atoms with Crippen molar-refractivity contribution in [2.45, 2.75) is 38.5 Å². The summed E-state index contributed by atoms with van der Waals surface area (Å²) in [4.78, 5) is 2.51. The van der Waals surface area contributed by atoms with Crippen molar-refractivity contribution >= 4 is 5.69 Å². The van der Waals surface area contributed by atoms with Crippen molar-refractivity contribution in [3.05, 3.63) is 65.7 Å². The molecular weight excluding hydrogens is 258 g/mol. The average Bonchev–Trinajstić information content (AvgIpc) is 2.51. The molecule has 0 saturated carbocycles. The van der Waals surface area contributed by atoms with Gasteiger partial charge in [0.15, 0.2) is 0 Å². The molecule has 0 fully saturated rings. The zero-order valence-corrected chi connectivity index (χ0v) is 13.0. The van der Waals surface area contributed by atoms with E-state index in [1.54, 1.807) is 0 Å². The summed E-state index contributed by atoms with van der Waals surface area (Å²) >= 11 is 0. The van der Waals surface area contributed by atoms with Crippen LogP contribution < -0.4 is 4.90 Å². The van der Waals surface area contributed by atoms with E-state index in [-0.39, 0.29) is 11.6 Å². The maximum absolute atomic E-state index is 5.73. The summed E-state index contributed by atoms with van der Waals surface area (Å²) in [5, 5.41) is 0. The van der Waals surface area contributed by atoms with E-state index in [2.05, 4.69) is 73.3 Å². The van der Waals surface area contributed by atoms with Crippen LogP contribution in [0.3, 0.4) is 0 Å². The number of para-hydroxylation sites is 1. The molecule has 0 radical (unpaired) electrons. The van der Waals surface area contributed by atoms with Gasteiger partial charge < -0.3 is 9.64 Å². The van der Waals surface area contributed by atoms with Gasteiger partial charge in [-0.1, -0.05) is 48.5 Å². The molecule has 21 heavy (non-hydrogen) atoms. The predicted octanol–water partition coefficient (Wildman–Crippen LogP) is 4.56. The standard InChI is InChI=1S/C19H23NO/c1-19(2)13-18(21-3)16-11-7-8-12-17(16)20(19)14-15-9-5-4-6-10-15/h4-12,18H,13-14H2,1-3H3. The van der Waals surface area contributed by atoms with Gasteiger partial charge >= 0.3 is 0 Å². The number of ether oxygens (including phenoxy) is 1. The van der Waals surface area contributed by atoms with Gasteiger partial charge in [-0.05, 0) is 25.5 Å². The largest absolute Gasteiger partial charge is 0.377 e. The average molecular weight is 281 g/mol. The molecule has 1 unspecified atom stereocenters. The van der Waals surface area contributed by atoms with Crippen molar-refractivity contribution in [3.8, 4) is 0 Å². The van der Waals surface area contributed by atoms with Crippen molar-refractivity contribution < 1.29 is 4.74 Å². The van der Waals surface area contributed by atoms with Crippen LogP contribution in [0.1, 0.15) is 37.5 Å². The predicted molar refractivity (Wildman–Crippen MR) is 87.5 cm³/mol. The summed E-state index contributed by atoms with van der Waals surface area (Å²) in [5.74, 6) is 0. The number of benzene rings is 2. The molecule has 0 spiro atoms. The second kappa shape index (κ2) is 5.53. The van der Waals surface area contributed by atoms with Crippen LogP contribution in [0, 0.1) is 0 Å². The van der Waals surface area contributed by atoms with Gasteiger partial charge in [0.25, 0.3) is 0 Å². The lowest BCUT2D eigenvalue weighted by Gasteiger charge is -2.47. The van der Waals surface area contributed by atoms with Crippen molar-refractivity contribution in [1.82, 2.24) is 0 Å². The van der Waals surface area contributed by atoms with Crippen molar-refractivity contribution in [2.24, 2.45) is 0 Å². The minimum absolute atomic E-state index is 0.0743. The Morgan fingerprint density at radius 1 is 1.05 bits per heavy atom. The molecule has 0 amide bonds. The first-order chi connectivity index (χ1) is 10.1. The highest BCUT2D eigenvalue weighted by molar-refractivity contribution is 5.59. The normalized spacial score (nSPS) is 20.1. The van der Waals surface area contributed by atoms with Crippen LogP contribution in [0.5, 0.6) is 0 Å². The smallest absolute Gasteiger partial charge is 0.0863 e. The summed E-state index contributed by atoms with van der Waals surface area (Å²) in [5.41, 5.74) is 4.01. The molecule has 1 aliphatic rings. The van der Waals surface area contributed by atoms with Crippen LogP contribution in [0.2, 0.25) is 0 Å². The summed E-state index contributed by atoms with van der Waals surface area (Å²) in [6.07, 6.45) is 1.19. The first kappa shape index (κ1) is 14.2. The molecule has 0 N–H and O–H groups in total. The molecular formula is C19H23NO. The van der Waals surface area contributed by atoms with Gasteiger partial charge in [0.05, 0.1) is 6.10 Å². The van der Waals surface area contributed by atoms with Gasteiger partial charge in [0.2, 0.25) is 0 Å². The molecule has 0 saturated heterocycles. The molecule has 0 aromatic heterocycles. The van der Waals surface area contributed by atoms with E-state index < -0.39 is 0 Å². The van der Waals surface area contributed by atoms with E-state index in [0.29, 0.717) is 0 Å². The van der Waals surface area contributed by atoms with Crippen LogP contribution in [0.15, 0.2) is 54.6 Å². The van der Waals surface area contributed by atoms with Gasteiger partial charge in [-0.3, -0.25) is 0 Å². The van der Waals surface area contributed by atoms with E-state index >= 15 is 0 Å². The summed E-state index contributed by atoms with van der Waals surface area (Å²) in [7, 11) is 1.81. The van der Waals surface area contributed by atoms with Gasteiger partial charge in [-0.15, -0.1) is 0 Å². The fourth-order valence-corrected chi connectivity index (χ4v) is 3.28. The van der Waals surface area contributed by atoms with Gasteiger partial charge in [-0.2, -0.15) is 0 Å². The Morgan fingerprint density at radius 2 is 1.71 bits per heavy atom.